The Balaban J connectivity index is 0.000000151. The first-order valence-corrected chi connectivity index (χ1v) is 9.68. The summed E-state index contributed by atoms with van der Waals surface area (Å²) >= 11 is 16.0. The van der Waals surface area contributed by atoms with E-state index in [1.807, 2.05) is 48.5 Å². The van der Waals surface area contributed by atoms with Gasteiger partial charge < -0.3 is 0 Å². The lowest BCUT2D eigenvalue weighted by atomic mass is 10.2. The van der Waals surface area contributed by atoms with Crippen molar-refractivity contribution >= 4 is 89.9 Å². The first-order chi connectivity index (χ1) is 12.6. The molecule has 2 aromatic heterocycles. The van der Waals surface area contributed by atoms with Gasteiger partial charge in [-0.15, -0.1) is 0 Å². The van der Waals surface area contributed by atoms with Crippen molar-refractivity contribution in [1.29, 1.82) is 0 Å². The summed E-state index contributed by atoms with van der Waals surface area (Å²) in [5.74, 6) is 1.17. The van der Waals surface area contributed by atoms with Crippen LogP contribution in [-0.2, 0) is 24.9 Å². The molecular weight excluding hydrogens is 496 g/mol. The van der Waals surface area contributed by atoms with E-state index < -0.39 is 0 Å². The minimum absolute atomic E-state index is 0.578. The maximum Gasteiger partial charge on any atom is 0.166 e. The number of hydrogen-bond donors (Lipinski definition) is 0. The molecule has 0 atom stereocenters. The Morgan fingerprint density at radius 3 is 2.15 bits per heavy atom. The third-order valence-electron chi connectivity index (χ3n) is 3.55. The van der Waals surface area contributed by atoms with Crippen LogP contribution in [0.5, 0.6) is 0 Å². The third kappa shape index (κ3) is 4.50. The lowest BCUT2D eigenvalue weighted by molar-refractivity contribution is 1.32. The SMILES string of the molecule is S=Nc1cc2c(Br)cccc2cn1.S=Nc1cc2ccc(Br)cc2cn1. The highest BCUT2D eigenvalue weighted by Crippen LogP contribution is 2.25. The van der Waals surface area contributed by atoms with Crippen LogP contribution in [0.2, 0.25) is 0 Å². The Bertz CT molecular complexity index is 1110. The molecule has 0 unspecified atom stereocenters. The minimum Gasteiger partial charge on any atom is -0.236 e. The Hall–Kier alpha value is -1.74. The average Bonchev–Trinajstić information content (AvgIpc) is 2.68. The number of pyridine rings is 2. The van der Waals surface area contributed by atoms with Gasteiger partial charge in [-0.2, -0.15) is 8.73 Å². The van der Waals surface area contributed by atoms with E-state index in [4.69, 9.17) is 0 Å². The van der Waals surface area contributed by atoms with Crippen LogP contribution in [0.1, 0.15) is 0 Å². The van der Waals surface area contributed by atoms with Crippen molar-refractivity contribution in [2.24, 2.45) is 8.73 Å². The molecule has 128 valence electrons. The highest BCUT2D eigenvalue weighted by Gasteiger charge is 1.99. The first kappa shape index (κ1) is 19.0. The second kappa shape index (κ2) is 8.77. The van der Waals surface area contributed by atoms with E-state index in [9.17, 15) is 0 Å². The molecule has 0 saturated carbocycles. The summed E-state index contributed by atoms with van der Waals surface area (Å²) in [4.78, 5) is 8.15. The maximum absolute atomic E-state index is 4.57. The molecule has 0 radical (unpaired) electrons. The van der Waals surface area contributed by atoms with E-state index in [1.54, 1.807) is 12.4 Å². The lowest BCUT2D eigenvalue weighted by Crippen LogP contribution is -1.77. The molecule has 0 amide bonds. The maximum atomic E-state index is 4.57. The fourth-order valence-electron chi connectivity index (χ4n) is 2.32. The smallest absolute Gasteiger partial charge is 0.166 e. The summed E-state index contributed by atoms with van der Waals surface area (Å²) in [6.45, 7) is 0. The molecule has 2 heterocycles. The Morgan fingerprint density at radius 1 is 0.731 bits per heavy atom. The number of nitrogens with zero attached hydrogens (tertiary/aromatic N) is 4. The predicted molar refractivity (Wildman–Crippen MR) is 118 cm³/mol. The molecule has 4 aromatic rings. The van der Waals surface area contributed by atoms with Gasteiger partial charge in [-0.05, 0) is 35.7 Å². The van der Waals surface area contributed by atoms with Gasteiger partial charge in [-0.1, -0.05) is 50.1 Å². The summed E-state index contributed by atoms with van der Waals surface area (Å²) in [6, 6.07) is 15.7. The molecule has 2 aromatic carbocycles. The van der Waals surface area contributed by atoms with Crippen LogP contribution >= 0.6 is 31.9 Å². The molecule has 0 bridgehead atoms. The molecule has 0 spiro atoms. The zero-order chi connectivity index (χ0) is 18.5. The van der Waals surface area contributed by atoms with Crippen molar-refractivity contribution in [2.45, 2.75) is 0 Å². The fourth-order valence-corrected chi connectivity index (χ4v) is 3.40. The standard InChI is InChI=1S/2C9H5BrN2S/c10-8-2-1-6-4-9(12-13)11-5-7(6)3-8;10-8-3-1-2-6-5-11-9(12-13)4-7(6)8/h2*1-5H. The summed E-state index contributed by atoms with van der Waals surface area (Å²) < 4.78 is 9.30. The van der Waals surface area contributed by atoms with Gasteiger partial charge in [-0.3, -0.25) is 0 Å². The number of rotatable bonds is 2. The molecule has 0 aliphatic heterocycles. The van der Waals surface area contributed by atoms with Gasteiger partial charge in [0.15, 0.2) is 11.6 Å². The molecule has 0 aliphatic carbocycles. The zero-order valence-corrected chi connectivity index (χ0v) is 17.9. The van der Waals surface area contributed by atoms with Gasteiger partial charge in [0.1, 0.15) is 0 Å². The molecule has 0 aliphatic rings. The van der Waals surface area contributed by atoms with E-state index in [2.05, 4.69) is 75.4 Å². The number of hydrogen-bond acceptors (Lipinski definition) is 6. The Kier molecular flexibility index (Phi) is 6.42. The van der Waals surface area contributed by atoms with Crippen molar-refractivity contribution < 1.29 is 0 Å². The molecule has 0 N–H and O–H groups in total. The van der Waals surface area contributed by atoms with Crippen LogP contribution in [0.3, 0.4) is 0 Å². The average molecular weight is 506 g/mol. The lowest BCUT2D eigenvalue weighted by Gasteiger charge is -1.99. The second-order valence-corrected chi connectivity index (χ2v) is 7.36. The molecule has 8 heteroatoms. The van der Waals surface area contributed by atoms with Crippen molar-refractivity contribution in [3.63, 3.8) is 0 Å². The van der Waals surface area contributed by atoms with E-state index in [-0.39, 0.29) is 0 Å². The van der Waals surface area contributed by atoms with E-state index >= 15 is 0 Å². The summed E-state index contributed by atoms with van der Waals surface area (Å²) in [7, 11) is 0. The normalized spacial score (nSPS) is 10.2. The molecule has 4 rings (SSSR count). The summed E-state index contributed by atoms with van der Waals surface area (Å²) in [5.41, 5.74) is 0. The quantitative estimate of drug-likeness (QED) is 0.303. The largest absolute Gasteiger partial charge is 0.236 e. The van der Waals surface area contributed by atoms with Crippen LogP contribution in [0.25, 0.3) is 21.5 Å². The van der Waals surface area contributed by atoms with E-state index in [0.717, 1.165) is 30.5 Å². The highest BCUT2D eigenvalue weighted by atomic mass is 79.9. The molecular formula is C18H10Br2N4S2. The molecule has 4 nitrogen and oxygen atoms in total. The zero-order valence-electron chi connectivity index (χ0n) is 13.1. The van der Waals surface area contributed by atoms with Gasteiger partial charge in [0.25, 0.3) is 0 Å². The number of aromatic nitrogens is 2. The fraction of sp³-hybridized carbons (Fsp3) is 0. The van der Waals surface area contributed by atoms with Crippen LogP contribution in [0.15, 0.2) is 78.6 Å². The highest BCUT2D eigenvalue weighted by molar-refractivity contribution is 9.11. The van der Waals surface area contributed by atoms with Gasteiger partial charge in [0, 0.05) is 62.3 Å². The van der Waals surface area contributed by atoms with Crippen molar-refractivity contribution in [3.05, 3.63) is 69.9 Å². The third-order valence-corrected chi connectivity index (χ3v) is 5.11. The summed E-state index contributed by atoms with van der Waals surface area (Å²) in [6.07, 6.45) is 3.54. The van der Waals surface area contributed by atoms with E-state index in [1.165, 1.54) is 0 Å². The molecule has 0 fully saturated rings. The predicted octanol–water partition coefficient (Wildman–Crippen LogP) is 6.72. The first-order valence-electron chi connectivity index (χ1n) is 7.37. The van der Waals surface area contributed by atoms with Crippen molar-refractivity contribution in [3.8, 4) is 0 Å². The van der Waals surface area contributed by atoms with E-state index in [0.29, 0.717) is 11.6 Å². The van der Waals surface area contributed by atoms with Crippen LogP contribution in [-0.4, -0.2) is 9.97 Å². The Labute approximate surface area is 177 Å². The number of halogens is 2. The molecule has 26 heavy (non-hydrogen) atoms. The minimum atomic E-state index is 0.578. The van der Waals surface area contributed by atoms with Crippen LogP contribution in [0.4, 0.5) is 11.6 Å². The monoisotopic (exact) mass is 504 g/mol. The number of benzene rings is 2. The van der Waals surface area contributed by atoms with Crippen molar-refractivity contribution in [2.75, 3.05) is 0 Å². The number of fused-ring (bicyclic) bond motifs is 2. The van der Waals surface area contributed by atoms with Gasteiger partial charge in [0.2, 0.25) is 0 Å². The van der Waals surface area contributed by atoms with Gasteiger partial charge >= 0.3 is 0 Å². The topological polar surface area (TPSA) is 50.5 Å². The summed E-state index contributed by atoms with van der Waals surface area (Å²) in [5, 5.41) is 4.34. The Morgan fingerprint density at radius 2 is 1.42 bits per heavy atom. The van der Waals surface area contributed by atoms with Gasteiger partial charge in [0.05, 0.1) is 0 Å². The van der Waals surface area contributed by atoms with Crippen molar-refractivity contribution in [1.82, 2.24) is 9.97 Å². The van der Waals surface area contributed by atoms with Crippen LogP contribution in [0, 0.1) is 0 Å². The second-order valence-electron chi connectivity index (χ2n) is 5.22. The van der Waals surface area contributed by atoms with Crippen LogP contribution < -0.4 is 0 Å². The molecule has 0 saturated heterocycles. The van der Waals surface area contributed by atoms with Gasteiger partial charge in [-0.25, -0.2) is 9.97 Å².